The zero-order chi connectivity index (χ0) is 31.5. The van der Waals surface area contributed by atoms with E-state index in [0.717, 1.165) is 29.2 Å². The minimum absolute atomic E-state index is 0.0900. The van der Waals surface area contributed by atoms with Crippen molar-refractivity contribution < 1.29 is 52.7 Å². The van der Waals surface area contributed by atoms with Gasteiger partial charge in [0.2, 0.25) is 0 Å². The lowest BCUT2D eigenvalue weighted by Gasteiger charge is -2.24. The molecular weight excluding hydrogens is 610 g/mol. The second-order valence-corrected chi connectivity index (χ2v) is 8.85. The summed E-state index contributed by atoms with van der Waals surface area (Å²) in [6.07, 6.45) is -21.0. The summed E-state index contributed by atoms with van der Waals surface area (Å²) in [5, 5.41) is -1.59. The van der Waals surface area contributed by atoms with Crippen molar-refractivity contribution in [2.24, 2.45) is 0 Å². The van der Waals surface area contributed by atoms with Crippen molar-refractivity contribution in [1.29, 1.82) is 0 Å². The average molecular weight is 621 g/mol. The average Bonchev–Trinajstić information content (AvgIpc) is 2.90. The Morgan fingerprint density at radius 2 is 0.837 bits per heavy atom. The third-order valence-electron chi connectivity index (χ3n) is 5.98. The van der Waals surface area contributed by atoms with Gasteiger partial charge in [-0.1, -0.05) is 18.2 Å². The molecule has 0 atom stereocenters. The molecule has 0 aliphatic carbocycles. The Kier molecular flexibility index (Phi) is 6.89. The van der Waals surface area contributed by atoms with Crippen LogP contribution in [0.25, 0.3) is 22.1 Å². The van der Waals surface area contributed by atoms with E-state index in [2.05, 4.69) is 19.9 Å². The molecule has 0 bridgehead atoms. The van der Waals surface area contributed by atoms with Crippen LogP contribution in [0.1, 0.15) is 22.5 Å². The van der Waals surface area contributed by atoms with Gasteiger partial charge in [-0.25, -0.2) is 19.9 Å². The van der Waals surface area contributed by atoms with E-state index in [-0.39, 0.29) is 17.8 Å². The maximum Gasteiger partial charge on any atom is 0.433 e. The highest BCUT2D eigenvalue weighted by Crippen LogP contribution is 2.42. The van der Waals surface area contributed by atoms with Gasteiger partial charge in [-0.2, -0.15) is 52.7 Å². The number of benzene rings is 1. The van der Waals surface area contributed by atoms with Gasteiger partial charge in [-0.05, 0) is 48.5 Å². The van der Waals surface area contributed by atoms with Crippen molar-refractivity contribution >= 4 is 39.4 Å². The quantitative estimate of drug-likeness (QED) is 0.188. The lowest BCUT2D eigenvalue weighted by Crippen LogP contribution is -2.17. The van der Waals surface area contributed by atoms with E-state index in [4.69, 9.17) is 0 Å². The van der Waals surface area contributed by atoms with E-state index in [0.29, 0.717) is 0 Å². The molecule has 224 valence electrons. The number of rotatable bonds is 3. The molecule has 0 aliphatic rings. The summed E-state index contributed by atoms with van der Waals surface area (Å²) in [6, 6.07) is 10.3. The molecule has 0 saturated carbocycles. The molecule has 0 N–H and O–H groups in total. The zero-order valence-electron chi connectivity index (χ0n) is 20.6. The molecule has 0 saturated heterocycles. The standard InChI is InChI=1S/C26H11F12N5/c27-23(28,29)15-10-17(25(33,34)35)39-21-13(15)6-8-19(41-21)43(12-4-2-1-3-5-12)20-9-7-14-16(24(30,31)32)11-18(26(36,37)38)40-22(14)42-20/h1-11H. The third-order valence-corrected chi connectivity index (χ3v) is 5.98. The Morgan fingerprint density at radius 1 is 0.442 bits per heavy atom. The lowest BCUT2D eigenvalue weighted by atomic mass is 10.1. The fourth-order valence-corrected chi connectivity index (χ4v) is 4.16. The van der Waals surface area contributed by atoms with Crippen LogP contribution in [0.3, 0.4) is 0 Å². The predicted octanol–water partition coefficient (Wildman–Crippen LogP) is 9.12. The highest BCUT2D eigenvalue weighted by atomic mass is 19.4. The highest BCUT2D eigenvalue weighted by Gasteiger charge is 2.41. The second-order valence-electron chi connectivity index (χ2n) is 8.85. The van der Waals surface area contributed by atoms with Crippen molar-refractivity contribution in [3.8, 4) is 0 Å². The molecule has 5 rings (SSSR count). The molecule has 0 aliphatic heterocycles. The molecule has 0 unspecified atom stereocenters. The largest absolute Gasteiger partial charge is 0.433 e. The summed E-state index contributed by atoms with van der Waals surface area (Å²) in [5.41, 5.74) is -9.03. The molecule has 43 heavy (non-hydrogen) atoms. The number of pyridine rings is 4. The number of nitrogens with zero attached hydrogens (tertiary/aromatic N) is 5. The van der Waals surface area contributed by atoms with Crippen molar-refractivity contribution in [2.75, 3.05) is 4.90 Å². The first-order valence-electron chi connectivity index (χ1n) is 11.6. The minimum atomic E-state index is -5.29. The minimum Gasteiger partial charge on any atom is -0.279 e. The molecule has 5 aromatic rings. The molecule has 17 heteroatoms. The molecule has 5 nitrogen and oxygen atoms in total. The van der Waals surface area contributed by atoms with Gasteiger partial charge >= 0.3 is 24.7 Å². The molecule has 1 aromatic carbocycles. The Morgan fingerprint density at radius 3 is 1.19 bits per heavy atom. The van der Waals surface area contributed by atoms with Gasteiger partial charge in [-0.3, -0.25) is 4.90 Å². The van der Waals surface area contributed by atoms with E-state index in [1.165, 1.54) is 30.3 Å². The summed E-state index contributed by atoms with van der Waals surface area (Å²) >= 11 is 0. The summed E-state index contributed by atoms with van der Waals surface area (Å²) < 4.78 is 162. The van der Waals surface area contributed by atoms with E-state index in [1.807, 2.05) is 0 Å². The maximum atomic E-state index is 13.6. The number of anilines is 3. The van der Waals surface area contributed by atoms with Gasteiger partial charge in [0.05, 0.1) is 11.1 Å². The second kappa shape index (κ2) is 9.95. The zero-order valence-corrected chi connectivity index (χ0v) is 20.6. The van der Waals surface area contributed by atoms with Crippen LogP contribution in [0.5, 0.6) is 0 Å². The Balaban J connectivity index is 1.78. The van der Waals surface area contributed by atoms with E-state index >= 15 is 0 Å². The topological polar surface area (TPSA) is 54.8 Å². The summed E-state index contributed by atoms with van der Waals surface area (Å²) in [4.78, 5) is 15.2. The van der Waals surface area contributed by atoms with Gasteiger partial charge in [0.15, 0.2) is 11.3 Å². The molecule has 0 fully saturated rings. The normalized spacial score (nSPS) is 13.1. The summed E-state index contributed by atoms with van der Waals surface area (Å²) in [7, 11) is 0. The van der Waals surface area contributed by atoms with Crippen LogP contribution in [0.15, 0.2) is 66.7 Å². The Bertz CT molecular complexity index is 1710. The fourth-order valence-electron chi connectivity index (χ4n) is 4.16. The Labute approximate surface area is 231 Å². The number of hydrogen-bond donors (Lipinski definition) is 0. The van der Waals surface area contributed by atoms with E-state index in [9.17, 15) is 52.7 Å². The first kappa shape index (κ1) is 29.8. The SMILES string of the molecule is FC(F)(F)c1cc(C(F)(F)F)c2ccc(N(c3ccccc3)c3ccc4c(C(F)(F)F)cc(C(F)(F)F)nc4n3)nc2n1. The van der Waals surface area contributed by atoms with Crippen LogP contribution in [-0.2, 0) is 24.7 Å². The van der Waals surface area contributed by atoms with Crippen molar-refractivity contribution in [2.45, 2.75) is 24.7 Å². The van der Waals surface area contributed by atoms with Crippen molar-refractivity contribution in [3.05, 3.63) is 89.2 Å². The fraction of sp³-hybridized carbons (Fsp3) is 0.154. The molecule has 0 amide bonds. The maximum absolute atomic E-state index is 13.6. The van der Waals surface area contributed by atoms with Gasteiger partial charge in [0.25, 0.3) is 0 Å². The van der Waals surface area contributed by atoms with Gasteiger partial charge in [0.1, 0.15) is 23.0 Å². The van der Waals surface area contributed by atoms with Crippen LogP contribution >= 0.6 is 0 Å². The monoisotopic (exact) mass is 621 g/mol. The first-order valence-corrected chi connectivity index (χ1v) is 11.6. The predicted molar refractivity (Wildman–Crippen MR) is 127 cm³/mol. The first-order chi connectivity index (χ1) is 19.8. The lowest BCUT2D eigenvalue weighted by molar-refractivity contribution is -0.146. The number of para-hydroxylation sites is 1. The number of aromatic nitrogens is 4. The summed E-state index contributed by atoms with van der Waals surface area (Å²) in [5.74, 6) is -0.818. The molecule has 4 aromatic heterocycles. The van der Waals surface area contributed by atoms with Crippen molar-refractivity contribution in [1.82, 2.24) is 19.9 Å². The van der Waals surface area contributed by atoms with Crippen LogP contribution < -0.4 is 4.90 Å². The summed E-state index contributed by atoms with van der Waals surface area (Å²) in [6.45, 7) is 0. The molecule has 4 heterocycles. The number of fused-ring (bicyclic) bond motifs is 2. The van der Waals surface area contributed by atoms with Crippen LogP contribution in [0, 0.1) is 0 Å². The number of halogens is 12. The molecule has 0 radical (unpaired) electrons. The molecular formula is C26H11F12N5. The van der Waals surface area contributed by atoms with Gasteiger partial charge < -0.3 is 0 Å². The Hall–Kier alpha value is -4.70. The highest BCUT2D eigenvalue weighted by molar-refractivity contribution is 5.86. The van der Waals surface area contributed by atoms with Crippen LogP contribution in [0.2, 0.25) is 0 Å². The van der Waals surface area contributed by atoms with Gasteiger partial charge in [-0.15, -0.1) is 0 Å². The van der Waals surface area contributed by atoms with Gasteiger partial charge in [0, 0.05) is 16.5 Å². The van der Waals surface area contributed by atoms with Crippen LogP contribution in [-0.4, -0.2) is 19.9 Å². The number of alkyl halides is 12. The smallest absolute Gasteiger partial charge is 0.279 e. The van der Waals surface area contributed by atoms with E-state index in [1.54, 1.807) is 0 Å². The van der Waals surface area contributed by atoms with Crippen molar-refractivity contribution in [3.63, 3.8) is 0 Å². The van der Waals surface area contributed by atoms with E-state index < -0.39 is 80.9 Å². The third kappa shape index (κ3) is 5.83. The molecule has 0 spiro atoms. The van der Waals surface area contributed by atoms with Crippen LogP contribution in [0.4, 0.5) is 70.0 Å². The number of hydrogen-bond acceptors (Lipinski definition) is 5.